The molecular formula is C21H24FN3O5. The zero-order valence-corrected chi connectivity index (χ0v) is 17.5. The van der Waals surface area contributed by atoms with E-state index in [2.05, 4.69) is 10.6 Å². The minimum absolute atomic E-state index is 0.145. The first-order chi connectivity index (χ1) is 14.1. The molecule has 0 fully saturated rings. The minimum atomic E-state index is -0.914. The highest BCUT2D eigenvalue weighted by Gasteiger charge is 2.26. The van der Waals surface area contributed by atoms with Gasteiger partial charge in [-0.1, -0.05) is 32.0 Å². The SMILES string of the molecule is CNC(=O)c1c(OC(=O)C(C)C)c(=O)c(C(=O)NCc2cccc(C)c2F)cn1C. The maximum atomic E-state index is 14.1. The summed E-state index contributed by atoms with van der Waals surface area (Å²) in [4.78, 5) is 49.8. The van der Waals surface area contributed by atoms with E-state index >= 15 is 0 Å². The Balaban J connectivity index is 2.44. The van der Waals surface area contributed by atoms with Crippen molar-refractivity contribution in [1.82, 2.24) is 15.2 Å². The number of aryl methyl sites for hydroxylation is 2. The minimum Gasteiger partial charge on any atom is -0.420 e. The van der Waals surface area contributed by atoms with Crippen molar-refractivity contribution in [3.8, 4) is 5.75 Å². The highest BCUT2D eigenvalue weighted by atomic mass is 19.1. The molecule has 2 rings (SSSR count). The molecule has 30 heavy (non-hydrogen) atoms. The zero-order valence-electron chi connectivity index (χ0n) is 17.5. The van der Waals surface area contributed by atoms with Gasteiger partial charge in [-0.25, -0.2) is 4.39 Å². The lowest BCUT2D eigenvalue weighted by Gasteiger charge is -2.16. The largest absolute Gasteiger partial charge is 0.420 e. The van der Waals surface area contributed by atoms with Crippen LogP contribution >= 0.6 is 0 Å². The molecule has 8 nitrogen and oxygen atoms in total. The van der Waals surface area contributed by atoms with Gasteiger partial charge in [-0.15, -0.1) is 0 Å². The van der Waals surface area contributed by atoms with Gasteiger partial charge in [-0.05, 0) is 12.5 Å². The molecular weight excluding hydrogens is 393 g/mol. The first-order valence-electron chi connectivity index (χ1n) is 9.28. The van der Waals surface area contributed by atoms with Crippen molar-refractivity contribution in [1.29, 1.82) is 0 Å². The number of aromatic nitrogens is 1. The number of hydrogen-bond donors (Lipinski definition) is 2. The summed E-state index contributed by atoms with van der Waals surface area (Å²) in [7, 11) is 2.80. The van der Waals surface area contributed by atoms with Gasteiger partial charge in [0.2, 0.25) is 11.2 Å². The van der Waals surface area contributed by atoms with E-state index in [9.17, 15) is 23.6 Å². The zero-order chi connectivity index (χ0) is 22.6. The number of halogens is 1. The summed E-state index contributed by atoms with van der Waals surface area (Å²) in [5.74, 6) is -3.72. The Labute approximate surface area is 173 Å². The van der Waals surface area contributed by atoms with Crippen LogP contribution in [-0.4, -0.2) is 29.4 Å². The molecule has 0 spiro atoms. The standard InChI is InChI=1S/C21H24FN3O5/c1-11(2)21(29)30-18-16(20(28)23-4)25(5)10-14(17(18)26)19(27)24-9-13-8-6-7-12(3)15(13)22/h6-8,10-11H,9H2,1-5H3,(H,23,28)(H,24,27). The first kappa shape index (κ1) is 22.8. The van der Waals surface area contributed by atoms with Crippen LogP contribution in [0, 0.1) is 18.7 Å². The van der Waals surface area contributed by atoms with Crippen molar-refractivity contribution in [3.63, 3.8) is 0 Å². The quantitative estimate of drug-likeness (QED) is 0.696. The Kier molecular flexibility index (Phi) is 7.10. The number of ether oxygens (including phenoxy) is 1. The maximum Gasteiger partial charge on any atom is 0.313 e. The summed E-state index contributed by atoms with van der Waals surface area (Å²) in [6, 6.07) is 4.77. The fourth-order valence-electron chi connectivity index (χ4n) is 2.68. The van der Waals surface area contributed by atoms with E-state index < -0.39 is 40.7 Å². The molecule has 0 saturated carbocycles. The van der Waals surface area contributed by atoms with Gasteiger partial charge in [0.15, 0.2) is 5.69 Å². The number of pyridine rings is 1. The Morgan fingerprint density at radius 3 is 2.47 bits per heavy atom. The lowest BCUT2D eigenvalue weighted by Crippen LogP contribution is -2.34. The molecule has 0 radical (unpaired) electrons. The van der Waals surface area contributed by atoms with E-state index in [0.29, 0.717) is 5.56 Å². The van der Waals surface area contributed by atoms with Crippen LogP contribution in [0.2, 0.25) is 0 Å². The predicted octanol–water partition coefficient (Wildman–Crippen LogP) is 1.68. The molecule has 2 amide bonds. The number of carbonyl (C=O) groups excluding carboxylic acids is 3. The molecule has 0 atom stereocenters. The molecule has 2 N–H and O–H groups in total. The second-order valence-corrected chi connectivity index (χ2v) is 7.05. The van der Waals surface area contributed by atoms with Gasteiger partial charge >= 0.3 is 5.97 Å². The summed E-state index contributed by atoms with van der Waals surface area (Å²) in [5, 5.41) is 4.85. The molecule has 0 saturated heterocycles. The number of hydrogen-bond acceptors (Lipinski definition) is 5. The average Bonchev–Trinajstić information content (AvgIpc) is 2.70. The van der Waals surface area contributed by atoms with Crippen molar-refractivity contribution in [2.24, 2.45) is 13.0 Å². The average molecular weight is 417 g/mol. The number of esters is 1. The smallest absolute Gasteiger partial charge is 0.313 e. The van der Waals surface area contributed by atoms with E-state index in [1.165, 1.54) is 30.9 Å². The monoisotopic (exact) mass is 417 g/mol. The summed E-state index contributed by atoms with van der Waals surface area (Å²) < 4.78 is 20.5. The van der Waals surface area contributed by atoms with E-state index in [1.807, 2.05) is 0 Å². The van der Waals surface area contributed by atoms with Gasteiger partial charge in [0, 0.05) is 32.4 Å². The normalized spacial score (nSPS) is 10.6. The van der Waals surface area contributed by atoms with Crippen molar-refractivity contribution in [2.45, 2.75) is 27.3 Å². The van der Waals surface area contributed by atoms with Crippen molar-refractivity contribution < 1.29 is 23.5 Å². The summed E-state index contributed by atoms with van der Waals surface area (Å²) in [6.45, 7) is 4.59. The molecule has 1 aromatic heterocycles. The Morgan fingerprint density at radius 1 is 1.20 bits per heavy atom. The second kappa shape index (κ2) is 9.34. The predicted molar refractivity (Wildman–Crippen MR) is 108 cm³/mol. The van der Waals surface area contributed by atoms with E-state index in [4.69, 9.17) is 4.74 Å². The number of rotatable bonds is 6. The van der Waals surface area contributed by atoms with Crippen LogP contribution in [0.25, 0.3) is 0 Å². The van der Waals surface area contributed by atoms with Gasteiger partial charge in [0.1, 0.15) is 11.4 Å². The Morgan fingerprint density at radius 2 is 1.87 bits per heavy atom. The van der Waals surface area contributed by atoms with Crippen LogP contribution in [0.15, 0.2) is 29.2 Å². The molecule has 160 valence electrons. The third-order valence-electron chi connectivity index (χ3n) is 4.41. The van der Waals surface area contributed by atoms with Gasteiger partial charge in [-0.2, -0.15) is 0 Å². The van der Waals surface area contributed by atoms with Crippen molar-refractivity contribution in [3.05, 3.63) is 62.8 Å². The van der Waals surface area contributed by atoms with Crippen LogP contribution in [0.3, 0.4) is 0 Å². The molecule has 1 heterocycles. The van der Waals surface area contributed by atoms with Gasteiger partial charge < -0.3 is 19.9 Å². The van der Waals surface area contributed by atoms with Crippen LogP contribution in [0.5, 0.6) is 5.75 Å². The second-order valence-electron chi connectivity index (χ2n) is 7.05. The summed E-state index contributed by atoms with van der Waals surface area (Å²) in [6.07, 6.45) is 1.17. The molecule has 0 bridgehead atoms. The first-order valence-corrected chi connectivity index (χ1v) is 9.28. The lowest BCUT2D eigenvalue weighted by atomic mass is 10.1. The Hall–Kier alpha value is -3.49. The third-order valence-corrected chi connectivity index (χ3v) is 4.41. The molecule has 0 aliphatic rings. The highest BCUT2D eigenvalue weighted by molar-refractivity contribution is 5.99. The van der Waals surface area contributed by atoms with Crippen LogP contribution in [-0.2, 0) is 18.4 Å². The molecule has 0 aliphatic carbocycles. The third kappa shape index (κ3) is 4.73. The van der Waals surface area contributed by atoms with Gasteiger partial charge in [-0.3, -0.25) is 19.2 Å². The fourth-order valence-corrected chi connectivity index (χ4v) is 2.68. The van der Waals surface area contributed by atoms with Crippen LogP contribution in [0.4, 0.5) is 4.39 Å². The van der Waals surface area contributed by atoms with E-state index in [-0.39, 0.29) is 23.4 Å². The number of nitrogens with zero attached hydrogens (tertiary/aromatic N) is 1. The van der Waals surface area contributed by atoms with Gasteiger partial charge in [0.05, 0.1) is 5.92 Å². The Bertz CT molecular complexity index is 1060. The lowest BCUT2D eigenvalue weighted by molar-refractivity contribution is -0.137. The van der Waals surface area contributed by atoms with Crippen LogP contribution < -0.4 is 20.8 Å². The van der Waals surface area contributed by atoms with E-state index in [0.717, 1.165) is 0 Å². The van der Waals surface area contributed by atoms with Crippen LogP contribution in [0.1, 0.15) is 45.8 Å². The molecule has 0 unspecified atom stereocenters. The number of nitrogens with one attached hydrogen (secondary N) is 2. The van der Waals surface area contributed by atoms with E-state index in [1.54, 1.807) is 32.9 Å². The maximum absolute atomic E-state index is 14.1. The summed E-state index contributed by atoms with van der Waals surface area (Å²) in [5.41, 5.74) is -0.769. The highest BCUT2D eigenvalue weighted by Crippen LogP contribution is 2.17. The van der Waals surface area contributed by atoms with Gasteiger partial charge in [0.25, 0.3) is 11.8 Å². The number of carbonyl (C=O) groups is 3. The number of benzene rings is 1. The van der Waals surface area contributed by atoms with Crippen molar-refractivity contribution in [2.75, 3.05) is 7.05 Å². The summed E-state index contributed by atoms with van der Waals surface area (Å²) >= 11 is 0. The fraction of sp³-hybridized carbons (Fsp3) is 0.333. The molecule has 9 heteroatoms. The van der Waals surface area contributed by atoms with Crippen molar-refractivity contribution >= 4 is 17.8 Å². The molecule has 2 aromatic rings. The topological polar surface area (TPSA) is 106 Å². The molecule has 0 aliphatic heterocycles. The number of amides is 2. The molecule has 1 aromatic carbocycles.